The SMILES string of the molecule is CCc1c2c(nc3ccc(OC(=O)N4CCC(CCN5CCN(c6ccc([N+]7=C(c8cc(C(C)C)c(O)cc8O)N=NC7O)cc6)CC5)CC4)cc13)-c1cc3c(c(=O)n1C2)COC(=O)C3(O)CC. The summed E-state index contributed by atoms with van der Waals surface area (Å²) in [6.07, 6.45) is 1.98. The van der Waals surface area contributed by atoms with Gasteiger partial charge in [-0.25, -0.2) is 14.6 Å². The number of aromatic hydroxyl groups is 2. The molecule has 5 aliphatic rings. The number of esters is 1. The van der Waals surface area contributed by atoms with Gasteiger partial charge in [-0.05, 0) is 116 Å². The highest BCUT2D eigenvalue weighted by atomic mass is 16.6. The van der Waals surface area contributed by atoms with Gasteiger partial charge in [0.2, 0.25) is 0 Å². The Hall–Kier alpha value is -6.69. The number of nitrogens with zero attached hydrogens (tertiary/aromatic N) is 8. The maximum atomic E-state index is 13.7. The molecule has 1 amide bonds. The van der Waals surface area contributed by atoms with E-state index in [9.17, 15) is 34.8 Å². The zero-order valence-corrected chi connectivity index (χ0v) is 38.8. The van der Waals surface area contributed by atoms with Gasteiger partial charge in [-0.1, -0.05) is 27.7 Å². The summed E-state index contributed by atoms with van der Waals surface area (Å²) in [6, 6.07) is 18.1. The number of phenols is 2. The largest absolute Gasteiger partial charge is 0.508 e. The van der Waals surface area contributed by atoms with Crippen LogP contribution in [0.15, 0.2) is 75.7 Å². The van der Waals surface area contributed by atoms with Gasteiger partial charge in [0.15, 0.2) is 5.60 Å². The summed E-state index contributed by atoms with van der Waals surface area (Å²) in [5.74, 6) is 0.357. The average molecular weight is 926 g/mol. The molecule has 0 spiro atoms. The van der Waals surface area contributed by atoms with Crippen LogP contribution >= 0.6 is 0 Å². The van der Waals surface area contributed by atoms with Gasteiger partial charge in [0.1, 0.15) is 35.1 Å². The van der Waals surface area contributed by atoms with Crippen LogP contribution in [-0.2, 0) is 34.7 Å². The Labute approximate surface area is 393 Å². The molecule has 3 aromatic carbocycles. The Kier molecular flexibility index (Phi) is 11.8. The molecule has 2 unspecified atom stereocenters. The van der Waals surface area contributed by atoms with E-state index in [1.807, 2.05) is 57.2 Å². The maximum Gasteiger partial charge on any atom is 0.415 e. The Morgan fingerprint density at radius 2 is 1.69 bits per heavy atom. The van der Waals surface area contributed by atoms with Crippen molar-refractivity contribution in [1.82, 2.24) is 19.4 Å². The van der Waals surface area contributed by atoms with Crippen molar-refractivity contribution in [1.29, 1.82) is 0 Å². The molecule has 2 fully saturated rings. The predicted molar refractivity (Wildman–Crippen MR) is 253 cm³/mol. The Bertz CT molecular complexity index is 2970. The first-order valence-electron chi connectivity index (χ1n) is 23.7. The fourth-order valence-electron chi connectivity index (χ4n) is 10.6. The van der Waals surface area contributed by atoms with Crippen LogP contribution in [0.5, 0.6) is 17.2 Å². The molecule has 0 bridgehead atoms. The highest BCUT2D eigenvalue weighted by Crippen LogP contribution is 2.41. The zero-order valence-electron chi connectivity index (χ0n) is 38.8. The van der Waals surface area contributed by atoms with Gasteiger partial charge < -0.3 is 44.3 Å². The molecule has 5 aromatic rings. The first-order chi connectivity index (χ1) is 32.8. The number of aliphatic hydroxyl groups is 2. The molecule has 10 rings (SSSR count). The van der Waals surface area contributed by atoms with E-state index in [4.69, 9.17) is 14.5 Å². The van der Waals surface area contributed by atoms with E-state index in [2.05, 4.69) is 20.0 Å². The van der Waals surface area contributed by atoms with Crippen molar-refractivity contribution in [2.75, 3.05) is 50.7 Å². The highest BCUT2D eigenvalue weighted by molar-refractivity contribution is 5.99. The minimum atomic E-state index is -1.90. The lowest BCUT2D eigenvalue weighted by Gasteiger charge is -2.37. The van der Waals surface area contributed by atoms with Crippen molar-refractivity contribution in [3.63, 3.8) is 0 Å². The number of fused-ring (bicyclic) bond motifs is 5. The molecule has 0 radical (unpaired) electrons. The topological polar surface area (TPSA) is 206 Å². The maximum absolute atomic E-state index is 13.7. The van der Waals surface area contributed by atoms with Crippen LogP contribution in [0.4, 0.5) is 16.2 Å². The molecule has 0 saturated carbocycles. The van der Waals surface area contributed by atoms with E-state index in [0.29, 0.717) is 77.3 Å². The molecular weight excluding hydrogens is 869 g/mol. The quantitative estimate of drug-likeness (QED) is 0.0867. The number of carbonyl (C=O) groups is 2. The molecule has 4 N–H and O–H groups in total. The van der Waals surface area contributed by atoms with E-state index >= 15 is 0 Å². The van der Waals surface area contributed by atoms with E-state index in [1.54, 1.807) is 39.2 Å². The minimum Gasteiger partial charge on any atom is -0.508 e. The number of aliphatic hydroxyl groups excluding tert-OH is 1. The minimum absolute atomic E-state index is 0.00347. The van der Waals surface area contributed by atoms with Crippen LogP contribution in [0, 0.1) is 5.92 Å². The number of anilines is 1. The molecule has 2 saturated heterocycles. The number of hydrogen-bond acceptors (Lipinski definition) is 14. The fraction of sp³-hybridized carbons (Fsp3) is 0.431. The molecule has 354 valence electrons. The highest BCUT2D eigenvalue weighted by Gasteiger charge is 2.45. The van der Waals surface area contributed by atoms with Crippen LogP contribution in [0.1, 0.15) is 92.7 Å². The number of phenolic OH excluding ortho intramolecular Hbond substituents is 2. The third kappa shape index (κ3) is 7.85. The first kappa shape index (κ1) is 45.1. The van der Waals surface area contributed by atoms with Gasteiger partial charge in [-0.3, -0.25) is 9.69 Å². The van der Waals surface area contributed by atoms with Crippen molar-refractivity contribution in [3.05, 3.63) is 104 Å². The zero-order chi connectivity index (χ0) is 47.6. The number of ether oxygens (including phenoxy) is 2. The number of pyridine rings is 2. The third-order valence-corrected chi connectivity index (χ3v) is 14.7. The average Bonchev–Trinajstić information content (AvgIpc) is 3.91. The number of hydrogen-bond donors (Lipinski definition) is 4. The Morgan fingerprint density at radius 1 is 0.941 bits per heavy atom. The number of amidine groups is 1. The molecule has 17 heteroatoms. The molecule has 7 heterocycles. The number of piperidine rings is 1. The van der Waals surface area contributed by atoms with Crippen molar-refractivity contribution >= 4 is 40.2 Å². The van der Waals surface area contributed by atoms with Gasteiger partial charge in [0, 0.05) is 72.6 Å². The number of likely N-dealkylation sites (tertiary alicyclic amines) is 1. The number of cyclic esters (lactones) is 1. The molecule has 5 aliphatic heterocycles. The van der Waals surface area contributed by atoms with Gasteiger partial charge >= 0.3 is 24.3 Å². The van der Waals surface area contributed by atoms with Crippen molar-refractivity contribution < 1.29 is 44.1 Å². The summed E-state index contributed by atoms with van der Waals surface area (Å²) < 4.78 is 14.4. The van der Waals surface area contributed by atoms with Crippen molar-refractivity contribution in [3.8, 4) is 28.6 Å². The predicted octanol–water partition coefficient (Wildman–Crippen LogP) is 6.43. The number of piperazine rings is 1. The Morgan fingerprint density at radius 3 is 2.40 bits per heavy atom. The van der Waals surface area contributed by atoms with Crippen LogP contribution in [0.3, 0.4) is 0 Å². The van der Waals surface area contributed by atoms with Crippen LogP contribution < -0.4 is 15.2 Å². The number of aromatic nitrogens is 2. The number of carbonyl (C=O) groups excluding carboxylic acids is 2. The number of aryl methyl sites for hydroxylation is 1. The normalized spacial score (nSPS) is 20.6. The van der Waals surface area contributed by atoms with Gasteiger partial charge in [-0.2, -0.15) is 4.58 Å². The van der Waals surface area contributed by atoms with Gasteiger partial charge in [0.05, 0.1) is 34.1 Å². The number of rotatable bonds is 10. The van der Waals surface area contributed by atoms with Gasteiger partial charge in [0.25, 0.3) is 5.56 Å². The van der Waals surface area contributed by atoms with E-state index < -0.39 is 17.9 Å². The second-order valence-corrected chi connectivity index (χ2v) is 18.8. The fourth-order valence-corrected chi connectivity index (χ4v) is 10.6. The second kappa shape index (κ2) is 17.8. The monoisotopic (exact) mass is 925 g/mol. The lowest BCUT2D eigenvalue weighted by molar-refractivity contribution is -0.528. The van der Waals surface area contributed by atoms with E-state index in [-0.39, 0.29) is 53.2 Å². The number of benzene rings is 3. The summed E-state index contributed by atoms with van der Waals surface area (Å²) in [5, 5.41) is 52.1. The summed E-state index contributed by atoms with van der Waals surface area (Å²) in [7, 11) is 0. The van der Waals surface area contributed by atoms with Crippen LogP contribution in [0.2, 0.25) is 0 Å². The smallest absolute Gasteiger partial charge is 0.415 e. The molecule has 2 atom stereocenters. The molecule has 0 aliphatic carbocycles. The second-order valence-electron chi connectivity index (χ2n) is 18.8. The summed E-state index contributed by atoms with van der Waals surface area (Å²) in [5.41, 5.74) is 4.93. The van der Waals surface area contributed by atoms with E-state index in [1.165, 1.54) is 6.07 Å². The molecular formula is C51H57N8O9+. The van der Waals surface area contributed by atoms with Crippen molar-refractivity contribution in [2.45, 2.75) is 90.8 Å². The molecule has 2 aromatic heterocycles. The lowest BCUT2D eigenvalue weighted by atomic mass is 9.86. The standard InChI is InChI=1S/C51H56N8O9/c1-5-34-36-23-33(11-12-41(36)52-45-38(34)27-58-42(45)25-40-39(47(58)62)28-67-48(63)51(40,66)6-2)68-50(65)57-17-14-30(15-18-57)13-16-55-19-21-56(22-20-55)31-7-9-32(10-8-31)59-46(53-54-49(59)64)37-24-35(29(3)4)43(60)26-44(37)61/h7-12,23-26,29-30,49,64,66H,5-6,13-22,27-28H2,1-4H3,(H,60,61)/p+1. The molecule has 17 nitrogen and oxygen atoms in total. The molecule has 68 heavy (non-hydrogen) atoms. The summed E-state index contributed by atoms with van der Waals surface area (Å²) in [4.78, 5) is 51.5. The van der Waals surface area contributed by atoms with Crippen molar-refractivity contribution in [2.24, 2.45) is 16.1 Å². The Balaban J connectivity index is 0.721. The first-order valence-corrected chi connectivity index (χ1v) is 23.7. The summed E-state index contributed by atoms with van der Waals surface area (Å²) in [6.45, 7) is 13.6. The third-order valence-electron chi connectivity index (χ3n) is 14.7. The van der Waals surface area contributed by atoms with Crippen LogP contribution in [0.25, 0.3) is 22.3 Å². The van der Waals surface area contributed by atoms with E-state index in [0.717, 1.165) is 74.2 Å². The van der Waals surface area contributed by atoms with Crippen LogP contribution in [-0.4, -0.2) is 114 Å². The lowest BCUT2D eigenvalue weighted by Crippen LogP contribution is -2.47. The number of amides is 1. The summed E-state index contributed by atoms with van der Waals surface area (Å²) >= 11 is 0. The van der Waals surface area contributed by atoms with Gasteiger partial charge in [-0.15, -0.1) is 0 Å². The number of azo groups is 1.